The number of nitrogens with one attached hydrogen (secondary N) is 1. The fraction of sp³-hybridized carbons (Fsp3) is 0.375. The molecule has 0 radical (unpaired) electrons. The number of rotatable bonds is 2. The maximum atomic E-state index is 12.5. The first kappa shape index (κ1) is 14.4. The summed E-state index contributed by atoms with van der Waals surface area (Å²) in [6.07, 6.45) is 5.47. The van der Waals surface area contributed by atoms with E-state index in [1.807, 2.05) is 6.20 Å². The quantitative estimate of drug-likeness (QED) is 0.913. The van der Waals surface area contributed by atoms with Gasteiger partial charge in [0.15, 0.2) is 11.5 Å². The molecule has 0 aliphatic carbocycles. The highest BCUT2D eigenvalue weighted by atomic mass is 35.5. The molecule has 6 nitrogen and oxygen atoms in total. The summed E-state index contributed by atoms with van der Waals surface area (Å²) in [7, 11) is 0. The zero-order valence-corrected chi connectivity index (χ0v) is 13.2. The van der Waals surface area contributed by atoms with E-state index < -0.39 is 0 Å². The second-order valence-electron chi connectivity index (χ2n) is 5.69. The number of benzene rings is 1. The third-order valence-electron chi connectivity index (χ3n) is 4.13. The van der Waals surface area contributed by atoms with Gasteiger partial charge in [0.05, 0.1) is 5.02 Å². The third kappa shape index (κ3) is 2.74. The van der Waals surface area contributed by atoms with Gasteiger partial charge in [0, 0.05) is 37.0 Å². The molecule has 1 aromatic heterocycles. The lowest BCUT2D eigenvalue weighted by molar-refractivity contribution is 0.0926. The summed E-state index contributed by atoms with van der Waals surface area (Å²) in [6, 6.07) is 3.38. The third-order valence-corrected chi connectivity index (χ3v) is 4.41. The molecule has 0 unspecified atom stereocenters. The summed E-state index contributed by atoms with van der Waals surface area (Å²) < 4.78 is 13.1. The van der Waals surface area contributed by atoms with Gasteiger partial charge >= 0.3 is 0 Å². The minimum atomic E-state index is -0.155. The zero-order valence-electron chi connectivity index (χ0n) is 12.4. The molecule has 4 rings (SSSR count). The van der Waals surface area contributed by atoms with Gasteiger partial charge in [-0.3, -0.25) is 4.79 Å². The first-order chi connectivity index (χ1) is 11.2. The monoisotopic (exact) mass is 333 g/mol. The maximum Gasteiger partial charge on any atom is 0.251 e. The van der Waals surface area contributed by atoms with Crippen molar-refractivity contribution in [2.24, 2.45) is 0 Å². The van der Waals surface area contributed by atoms with Gasteiger partial charge in [-0.05, 0) is 18.6 Å². The Morgan fingerprint density at radius 3 is 3.13 bits per heavy atom. The highest BCUT2D eigenvalue weighted by Gasteiger charge is 2.23. The van der Waals surface area contributed by atoms with Crippen LogP contribution in [0, 0.1) is 0 Å². The minimum Gasteiger partial charge on any atom is -0.486 e. The van der Waals surface area contributed by atoms with E-state index in [0.717, 1.165) is 25.2 Å². The Balaban J connectivity index is 1.50. The van der Waals surface area contributed by atoms with Crippen molar-refractivity contribution in [3.8, 4) is 11.5 Å². The summed E-state index contributed by atoms with van der Waals surface area (Å²) in [4.78, 5) is 16.8. The number of imidazole rings is 1. The van der Waals surface area contributed by atoms with Crippen LogP contribution in [-0.2, 0) is 13.0 Å². The van der Waals surface area contributed by atoms with Crippen LogP contribution < -0.4 is 14.8 Å². The second-order valence-corrected chi connectivity index (χ2v) is 6.09. The number of carbonyl (C=O) groups excluding carboxylic acids is 1. The molecule has 2 aliphatic heterocycles. The molecule has 0 spiro atoms. The van der Waals surface area contributed by atoms with Gasteiger partial charge < -0.3 is 19.4 Å². The molecule has 1 amide bonds. The van der Waals surface area contributed by atoms with E-state index in [9.17, 15) is 4.79 Å². The first-order valence-electron chi connectivity index (χ1n) is 7.61. The summed E-state index contributed by atoms with van der Waals surface area (Å²) in [6.45, 7) is 1.66. The predicted molar refractivity (Wildman–Crippen MR) is 84.2 cm³/mol. The number of nitrogens with zero attached hydrogens (tertiary/aromatic N) is 2. The minimum absolute atomic E-state index is 0.0798. The molecule has 1 N–H and O–H groups in total. The number of halogens is 1. The van der Waals surface area contributed by atoms with Crippen molar-refractivity contribution in [3.05, 3.63) is 40.9 Å². The SMILES string of the molecule is O=C(N[C@@H]1CCc2nccn2C1)c1cc(Cl)c2c(c1)OCCO2. The number of hydrogen-bond acceptors (Lipinski definition) is 4. The molecular formula is C16H16ClN3O3. The summed E-state index contributed by atoms with van der Waals surface area (Å²) in [5, 5.41) is 3.45. The van der Waals surface area contributed by atoms with Crippen LogP contribution in [-0.4, -0.2) is 34.7 Å². The van der Waals surface area contributed by atoms with Gasteiger partial charge in [-0.1, -0.05) is 11.6 Å². The molecule has 3 heterocycles. The number of hydrogen-bond donors (Lipinski definition) is 1. The van der Waals surface area contributed by atoms with E-state index in [-0.39, 0.29) is 11.9 Å². The van der Waals surface area contributed by atoms with Crippen molar-refractivity contribution in [1.82, 2.24) is 14.9 Å². The Hall–Kier alpha value is -2.21. The van der Waals surface area contributed by atoms with E-state index >= 15 is 0 Å². The molecule has 7 heteroatoms. The molecule has 0 bridgehead atoms. The van der Waals surface area contributed by atoms with E-state index in [2.05, 4.69) is 14.9 Å². The Kier molecular flexibility index (Phi) is 3.61. The molecule has 2 aliphatic rings. The van der Waals surface area contributed by atoms with Gasteiger partial charge in [-0.2, -0.15) is 0 Å². The predicted octanol–water partition coefficient (Wildman–Crippen LogP) is 2.05. The molecule has 1 aromatic carbocycles. The fourth-order valence-corrected chi connectivity index (χ4v) is 3.26. The Bertz CT molecular complexity index is 759. The van der Waals surface area contributed by atoms with Crippen LogP contribution in [0.4, 0.5) is 0 Å². The number of aromatic nitrogens is 2. The van der Waals surface area contributed by atoms with Crippen molar-refractivity contribution in [2.45, 2.75) is 25.4 Å². The largest absolute Gasteiger partial charge is 0.486 e. The van der Waals surface area contributed by atoms with Gasteiger partial charge in [0.25, 0.3) is 5.91 Å². The van der Waals surface area contributed by atoms with Crippen LogP contribution in [0.1, 0.15) is 22.6 Å². The van der Waals surface area contributed by atoms with Gasteiger partial charge in [-0.25, -0.2) is 4.98 Å². The highest BCUT2D eigenvalue weighted by Crippen LogP contribution is 2.38. The summed E-state index contributed by atoms with van der Waals surface area (Å²) in [5.41, 5.74) is 0.482. The van der Waals surface area contributed by atoms with Gasteiger partial charge in [-0.15, -0.1) is 0 Å². The summed E-state index contributed by atoms with van der Waals surface area (Å²) >= 11 is 6.19. The van der Waals surface area contributed by atoms with E-state index in [4.69, 9.17) is 21.1 Å². The smallest absolute Gasteiger partial charge is 0.251 e. The molecule has 0 saturated heterocycles. The Labute approximate surface area is 138 Å². The molecule has 0 saturated carbocycles. The Morgan fingerprint density at radius 1 is 1.35 bits per heavy atom. The lowest BCUT2D eigenvalue weighted by Gasteiger charge is -2.25. The van der Waals surface area contributed by atoms with Crippen LogP contribution in [0.15, 0.2) is 24.5 Å². The van der Waals surface area contributed by atoms with Crippen LogP contribution >= 0.6 is 11.6 Å². The fourth-order valence-electron chi connectivity index (χ4n) is 2.99. The average Bonchev–Trinajstić information content (AvgIpc) is 3.02. The van der Waals surface area contributed by atoms with E-state index in [1.165, 1.54) is 0 Å². The van der Waals surface area contributed by atoms with Crippen LogP contribution in [0.2, 0.25) is 5.02 Å². The average molecular weight is 334 g/mol. The number of aryl methyl sites for hydroxylation is 1. The van der Waals surface area contributed by atoms with Crippen molar-refractivity contribution < 1.29 is 14.3 Å². The van der Waals surface area contributed by atoms with Gasteiger partial charge in [0.1, 0.15) is 19.0 Å². The standard InChI is InChI=1S/C16H16ClN3O3/c17-12-7-10(8-13-15(12)23-6-5-22-13)16(21)19-11-1-2-14-18-3-4-20(14)9-11/h3-4,7-8,11H,1-2,5-6,9H2,(H,19,21)/t11-/m1/s1. The number of ether oxygens (including phenoxy) is 2. The lowest BCUT2D eigenvalue weighted by atomic mass is 10.1. The van der Waals surface area contributed by atoms with Crippen LogP contribution in [0.5, 0.6) is 11.5 Å². The van der Waals surface area contributed by atoms with Crippen LogP contribution in [0.3, 0.4) is 0 Å². The number of fused-ring (bicyclic) bond motifs is 2. The lowest BCUT2D eigenvalue weighted by Crippen LogP contribution is -2.40. The Morgan fingerprint density at radius 2 is 2.22 bits per heavy atom. The van der Waals surface area contributed by atoms with Crippen molar-refractivity contribution >= 4 is 17.5 Å². The van der Waals surface area contributed by atoms with Crippen molar-refractivity contribution in [1.29, 1.82) is 0 Å². The number of amides is 1. The van der Waals surface area contributed by atoms with Crippen molar-refractivity contribution in [2.75, 3.05) is 13.2 Å². The van der Waals surface area contributed by atoms with Crippen LogP contribution in [0.25, 0.3) is 0 Å². The molecule has 120 valence electrons. The van der Waals surface area contributed by atoms with Crippen molar-refractivity contribution in [3.63, 3.8) is 0 Å². The molecule has 2 aromatic rings. The topological polar surface area (TPSA) is 65.4 Å². The van der Waals surface area contributed by atoms with E-state index in [1.54, 1.807) is 18.3 Å². The summed E-state index contributed by atoms with van der Waals surface area (Å²) in [5.74, 6) is 1.94. The normalized spacial score (nSPS) is 19.1. The molecule has 1 atom stereocenters. The zero-order chi connectivity index (χ0) is 15.8. The molecule has 0 fully saturated rings. The first-order valence-corrected chi connectivity index (χ1v) is 7.98. The highest BCUT2D eigenvalue weighted by molar-refractivity contribution is 6.32. The molecule has 23 heavy (non-hydrogen) atoms. The van der Waals surface area contributed by atoms with Gasteiger partial charge in [0.2, 0.25) is 0 Å². The maximum absolute atomic E-state index is 12.5. The molecular weight excluding hydrogens is 318 g/mol. The number of carbonyl (C=O) groups is 1. The van der Waals surface area contributed by atoms with E-state index in [0.29, 0.717) is 35.3 Å². The second kappa shape index (κ2) is 5.77.